The monoisotopic (exact) mass is 223 g/mol. The van der Waals surface area contributed by atoms with Gasteiger partial charge in [0.05, 0.1) is 0 Å². The molecular formula is C13H21NS. The lowest BCUT2D eigenvalue weighted by Gasteiger charge is -2.19. The number of nitrogens with one attached hydrogen (secondary N) is 1. The average molecular weight is 223 g/mol. The molecule has 1 aromatic rings. The van der Waals surface area contributed by atoms with Crippen molar-refractivity contribution in [3.63, 3.8) is 0 Å². The van der Waals surface area contributed by atoms with Crippen LogP contribution in [-0.2, 0) is 0 Å². The van der Waals surface area contributed by atoms with Gasteiger partial charge in [-0.1, -0.05) is 37.3 Å². The molecule has 0 radical (unpaired) electrons. The Kier molecular flexibility index (Phi) is 5.81. The van der Waals surface area contributed by atoms with Gasteiger partial charge in [0.1, 0.15) is 0 Å². The van der Waals surface area contributed by atoms with E-state index >= 15 is 0 Å². The van der Waals surface area contributed by atoms with Crippen LogP contribution in [0.4, 0.5) is 0 Å². The zero-order chi connectivity index (χ0) is 11.1. The molecule has 1 N–H and O–H groups in total. The number of thioether (sulfide) groups is 1. The first-order valence-electron chi connectivity index (χ1n) is 5.62. The van der Waals surface area contributed by atoms with Crippen LogP contribution in [0.25, 0.3) is 0 Å². The highest BCUT2D eigenvalue weighted by Crippen LogP contribution is 2.13. The molecule has 0 aromatic heterocycles. The van der Waals surface area contributed by atoms with E-state index in [0.717, 1.165) is 0 Å². The van der Waals surface area contributed by atoms with E-state index in [4.69, 9.17) is 0 Å². The molecule has 1 rings (SSSR count). The topological polar surface area (TPSA) is 12.0 Å². The Morgan fingerprint density at radius 3 is 2.47 bits per heavy atom. The quantitative estimate of drug-likeness (QED) is 0.792. The molecule has 0 heterocycles. The third kappa shape index (κ3) is 4.72. The van der Waals surface area contributed by atoms with E-state index in [1.54, 1.807) is 0 Å². The van der Waals surface area contributed by atoms with Gasteiger partial charge < -0.3 is 5.32 Å². The van der Waals surface area contributed by atoms with E-state index in [-0.39, 0.29) is 0 Å². The van der Waals surface area contributed by atoms with E-state index < -0.39 is 0 Å². The first-order chi connectivity index (χ1) is 7.24. The van der Waals surface area contributed by atoms with E-state index in [2.05, 4.69) is 56.4 Å². The summed E-state index contributed by atoms with van der Waals surface area (Å²) in [6, 6.07) is 11.6. The zero-order valence-corrected chi connectivity index (χ0v) is 10.7. The summed E-state index contributed by atoms with van der Waals surface area (Å²) < 4.78 is 0. The summed E-state index contributed by atoms with van der Waals surface area (Å²) in [5, 5.41) is 3.61. The van der Waals surface area contributed by atoms with Crippen LogP contribution in [0.1, 0.15) is 32.4 Å². The number of benzene rings is 1. The molecule has 2 heteroatoms. The van der Waals surface area contributed by atoms with Crippen LogP contribution in [0.15, 0.2) is 30.3 Å². The fourth-order valence-corrected chi connectivity index (χ4v) is 2.29. The summed E-state index contributed by atoms with van der Waals surface area (Å²) in [6.45, 7) is 6.68. The van der Waals surface area contributed by atoms with Crippen LogP contribution >= 0.6 is 11.8 Å². The molecule has 1 aromatic carbocycles. The minimum Gasteiger partial charge on any atom is -0.307 e. The second-order valence-electron chi connectivity index (χ2n) is 3.86. The van der Waals surface area contributed by atoms with E-state index in [0.29, 0.717) is 12.1 Å². The van der Waals surface area contributed by atoms with Gasteiger partial charge in [-0.2, -0.15) is 11.8 Å². The smallest absolute Gasteiger partial charge is 0.0294 e. The van der Waals surface area contributed by atoms with Gasteiger partial charge in [0.2, 0.25) is 0 Å². The molecule has 84 valence electrons. The van der Waals surface area contributed by atoms with Gasteiger partial charge in [-0.15, -0.1) is 0 Å². The second kappa shape index (κ2) is 6.91. The number of hydrogen-bond donors (Lipinski definition) is 1. The van der Waals surface area contributed by atoms with Gasteiger partial charge in [-0.3, -0.25) is 0 Å². The van der Waals surface area contributed by atoms with E-state index in [1.807, 2.05) is 11.8 Å². The maximum absolute atomic E-state index is 3.61. The molecule has 0 fully saturated rings. The van der Waals surface area contributed by atoms with Gasteiger partial charge in [-0.05, 0) is 25.2 Å². The third-order valence-corrected chi connectivity index (χ3v) is 3.55. The van der Waals surface area contributed by atoms with Crippen molar-refractivity contribution in [3.05, 3.63) is 35.9 Å². The Labute approximate surface area is 97.7 Å². The first-order valence-corrected chi connectivity index (χ1v) is 6.78. The summed E-state index contributed by atoms with van der Waals surface area (Å²) in [4.78, 5) is 0. The highest BCUT2D eigenvalue weighted by molar-refractivity contribution is 7.99. The molecule has 0 bridgehead atoms. The maximum atomic E-state index is 3.61. The minimum absolute atomic E-state index is 0.443. The van der Waals surface area contributed by atoms with Crippen molar-refractivity contribution in [2.45, 2.75) is 32.9 Å². The molecule has 0 saturated heterocycles. The fourth-order valence-electron chi connectivity index (χ4n) is 1.61. The summed E-state index contributed by atoms with van der Waals surface area (Å²) in [5.74, 6) is 2.39. The van der Waals surface area contributed by atoms with Crippen molar-refractivity contribution in [2.75, 3.05) is 11.5 Å². The molecule has 0 aliphatic heterocycles. The lowest BCUT2D eigenvalue weighted by atomic mass is 10.1. The lowest BCUT2D eigenvalue weighted by molar-refractivity contribution is 0.511. The average Bonchev–Trinajstić information content (AvgIpc) is 2.27. The molecular weight excluding hydrogens is 202 g/mol. The van der Waals surface area contributed by atoms with Crippen molar-refractivity contribution in [1.29, 1.82) is 0 Å². The van der Waals surface area contributed by atoms with Crippen molar-refractivity contribution >= 4 is 11.8 Å². The molecule has 0 saturated carbocycles. The summed E-state index contributed by atoms with van der Waals surface area (Å²) >= 11 is 1.99. The van der Waals surface area contributed by atoms with Crippen LogP contribution in [-0.4, -0.2) is 17.5 Å². The molecule has 0 amide bonds. The van der Waals surface area contributed by atoms with Crippen molar-refractivity contribution in [3.8, 4) is 0 Å². The Hall–Kier alpha value is -0.470. The van der Waals surface area contributed by atoms with Crippen LogP contribution in [0.5, 0.6) is 0 Å². The predicted octanol–water partition coefficient (Wildman–Crippen LogP) is 3.48. The van der Waals surface area contributed by atoms with Crippen molar-refractivity contribution in [2.24, 2.45) is 0 Å². The lowest BCUT2D eigenvalue weighted by Crippen LogP contribution is -2.30. The van der Waals surface area contributed by atoms with E-state index in [1.165, 1.54) is 17.1 Å². The number of rotatable bonds is 6. The second-order valence-corrected chi connectivity index (χ2v) is 5.18. The Morgan fingerprint density at radius 2 is 1.87 bits per heavy atom. The molecule has 1 nitrogen and oxygen atoms in total. The summed E-state index contributed by atoms with van der Waals surface area (Å²) in [6.07, 6.45) is 0. The zero-order valence-electron chi connectivity index (χ0n) is 9.86. The summed E-state index contributed by atoms with van der Waals surface area (Å²) in [7, 11) is 0. The van der Waals surface area contributed by atoms with E-state index in [9.17, 15) is 0 Å². The van der Waals surface area contributed by atoms with Crippen LogP contribution in [0, 0.1) is 0 Å². The normalized spacial score (nSPS) is 14.9. The Balaban J connectivity index is 2.38. The number of hydrogen-bond acceptors (Lipinski definition) is 2. The molecule has 0 spiro atoms. The Bertz CT molecular complexity index is 260. The van der Waals surface area contributed by atoms with Crippen molar-refractivity contribution < 1.29 is 0 Å². The highest BCUT2D eigenvalue weighted by atomic mass is 32.2. The van der Waals surface area contributed by atoms with Crippen LogP contribution in [0.2, 0.25) is 0 Å². The van der Waals surface area contributed by atoms with Gasteiger partial charge in [0.15, 0.2) is 0 Å². The van der Waals surface area contributed by atoms with Gasteiger partial charge in [0.25, 0.3) is 0 Å². The third-order valence-electron chi connectivity index (χ3n) is 2.41. The molecule has 15 heavy (non-hydrogen) atoms. The summed E-state index contributed by atoms with van der Waals surface area (Å²) in [5.41, 5.74) is 1.37. The molecule has 0 aliphatic carbocycles. The molecule has 2 atom stereocenters. The molecule has 2 unspecified atom stereocenters. The molecule has 0 aliphatic rings. The first kappa shape index (κ1) is 12.6. The predicted molar refractivity (Wildman–Crippen MR) is 70.5 cm³/mol. The standard InChI is InChI=1S/C13H21NS/c1-4-15-10-11(2)14-12(3)13-8-6-5-7-9-13/h5-9,11-12,14H,4,10H2,1-3H3. The minimum atomic E-state index is 0.443. The maximum Gasteiger partial charge on any atom is 0.0294 e. The SMILES string of the molecule is CCSCC(C)NC(C)c1ccccc1. The van der Waals surface area contributed by atoms with Crippen LogP contribution < -0.4 is 5.32 Å². The highest BCUT2D eigenvalue weighted by Gasteiger charge is 2.08. The largest absolute Gasteiger partial charge is 0.307 e. The van der Waals surface area contributed by atoms with Gasteiger partial charge >= 0.3 is 0 Å². The van der Waals surface area contributed by atoms with Gasteiger partial charge in [-0.25, -0.2) is 0 Å². The van der Waals surface area contributed by atoms with Gasteiger partial charge in [0, 0.05) is 17.8 Å². The Morgan fingerprint density at radius 1 is 1.20 bits per heavy atom. The van der Waals surface area contributed by atoms with Crippen LogP contribution in [0.3, 0.4) is 0 Å². The fraction of sp³-hybridized carbons (Fsp3) is 0.538. The van der Waals surface area contributed by atoms with Crippen molar-refractivity contribution in [1.82, 2.24) is 5.32 Å².